The third-order valence-electron chi connectivity index (χ3n) is 7.52. The molecule has 1 aliphatic heterocycles. The second-order valence-corrected chi connectivity index (χ2v) is 9.59. The monoisotopic (exact) mass is 486 g/mol. The van der Waals surface area contributed by atoms with Gasteiger partial charge in [0.05, 0.1) is 16.8 Å². The maximum absolute atomic E-state index is 13.9. The van der Waals surface area contributed by atoms with Crippen molar-refractivity contribution in [2.45, 2.75) is 31.7 Å². The summed E-state index contributed by atoms with van der Waals surface area (Å²) >= 11 is 0. The van der Waals surface area contributed by atoms with Gasteiger partial charge in [-0.05, 0) is 58.5 Å². The van der Waals surface area contributed by atoms with E-state index in [-0.39, 0.29) is 17.7 Å². The van der Waals surface area contributed by atoms with E-state index in [0.29, 0.717) is 29.8 Å². The smallest absolute Gasteiger partial charge is 0.266 e. The molecule has 0 fully saturated rings. The Balaban J connectivity index is 1.25. The maximum Gasteiger partial charge on any atom is 0.266 e. The fourth-order valence-corrected chi connectivity index (χ4v) is 5.85. The lowest BCUT2D eigenvalue weighted by atomic mass is 9.73. The first-order valence-electron chi connectivity index (χ1n) is 12.6. The fraction of sp³-hybridized carbons (Fsp3) is 0.156. The Morgan fingerprint density at radius 1 is 0.703 bits per heavy atom. The summed E-state index contributed by atoms with van der Waals surface area (Å²) < 4.78 is 0. The Kier molecular flexibility index (Phi) is 5.49. The van der Waals surface area contributed by atoms with Crippen molar-refractivity contribution in [3.05, 3.63) is 125 Å². The molecule has 1 aliphatic carbocycles. The van der Waals surface area contributed by atoms with E-state index in [9.17, 15) is 14.4 Å². The number of hydrogen-bond donors (Lipinski definition) is 1. The van der Waals surface area contributed by atoms with Crippen LogP contribution < -0.4 is 10.2 Å². The summed E-state index contributed by atoms with van der Waals surface area (Å²) in [5, 5.41) is 3.18. The summed E-state index contributed by atoms with van der Waals surface area (Å²) in [5.41, 5.74) is 5.85. The second kappa shape index (κ2) is 8.86. The first-order chi connectivity index (χ1) is 18.1. The van der Waals surface area contributed by atoms with Crippen LogP contribution in [0.15, 0.2) is 97.1 Å². The van der Waals surface area contributed by atoms with E-state index in [2.05, 4.69) is 36.5 Å². The minimum absolute atomic E-state index is 0.0174. The van der Waals surface area contributed by atoms with Crippen LogP contribution in [-0.4, -0.2) is 17.7 Å². The summed E-state index contributed by atoms with van der Waals surface area (Å²) in [6.45, 7) is 2.45. The first kappa shape index (κ1) is 22.9. The zero-order chi connectivity index (χ0) is 25.6. The summed E-state index contributed by atoms with van der Waals surface area (Å²) in [6.07, 6.45) is 1.58. The Bertz CT molecular complexity index is 1470. The van der Waals surface area contributed by atoms with Gasteiger partial charge in [0.25, 0.3) is 11.8 Å². The van der Waals surface area contributed by atoms with Gasteiger partial charge in [0, 0.05) is 6.54 Å². The summed E-state index contributed by atoms with van der Waals surface area (Å²) in [4.78, 5) is 40.7. The molecule has 0 saturated carbocycles. The van der Waals surface area contributed by atoms with Crippen molar-refractivity contribution in [3.8, 4) is 11.1 Å². The predicted molar refractivity (Wildman–Crippen MR) is 143 cm³/mol. The van der Waals surface area contributed by atoms with Gasteiger partial charge in [-0.15, -0.1) is 0 Å². The highest BCUT2D eigenvalue weighted by Crippen LogP contribution is 2.51. The fourth-order valence-electron chi connectivity index (χ4n) is 5.85. The average molecular weight is 487 g/mol. The molecule has 0 bridgehead atoms. The van der Waals surface area contributed by atoms with Crippen LogP contribution in [0.1, 0.15) is 57.2 Å². The summed E-state index contributed by atoms with van der Waals surface area (Å²) in [6, 6.07) is 30.4. The zero-order valence-electron chi connectivity index (χ0n) is 20.5. The Morgan fingerprint density at radius 2 is 1.19 bits per heavy atom. The van der Waals surface area contributed by atoms with Crippen LogP contribution >= 0.6 is 0 Å². The van der Waals surface area contributed by atoms with Gasteiger partial charge in [-0.2, -0.15) is 0 Å². The lowest BCUT2D eigenvalue weighted by Crippen LogP contribution is -2.43. The minimum atomic E-state index is -0.734. The Labute approximate surface area is 215 Å². The predicted octanol–water partition coefficient (Wildman–Crippen LogP) is 5.87. The number of hydrogen-bond acceptors (Lipinski definition) is 3. The Hall–Kier alpha value is -4.51. The number of benzene rings is 4. The molecule has 3 amide bonds. The molecule has 182 valence electrons. The van der Waals surface area contributed by atoms with E-state index in [4.69, 9.17) is 0 Å². The quantitative estimate of drug-likeness (QED) is 0.347. The van der Waals surface area contributed by atoms with Gasteiger partial charge in [0.1, 0.15) is 5.41 Å². The lowest BCUT2D eigenvalue weighted by molar-refractivity contribution is -0.125. The number of carbonyl (C=O) groups is 3. The van der Waals surface area contributed by atoms with E-state index in [1.165, 1.54) is 4.90 Å². The SMILES string of the molecule is CCCC1(C(=O)NCc2ccc(N3C(=O)c4ccccc4C3=O)cc2)c2ccccc2-c2ccccc21. The van der Waals surface area contributed by atoms with Crippen molar-refractivity contribution in [2.75, 3.05) is 4.90 Å². The molecule has 5 heteroatoms. The van der Waals surface area contributed by atoms with Crippen molar-refractivity contribution in [3.63, 3.8) is 0 Å². The first-order valence-corrected chi connectivity index (χ1v) is 12.6. The number of nitrogens with one attached hydrogen (secondary N) is 1. The molecule has 0 saturated heterocycles. The van der Waals surface area contributed by atoms with Gasteiger partial charge in [0.2, 0.25) is 5.91 Å². The third kappa shape index (κ3) is 3.42. The molecule has 4 aromatic rings. The third-order valence-corrected chi connectivity index (χ3v) is 7.52. The van der Waals surface area contributed by atoms with Crippen LogP contribution in [0, 0.1) is 0 Å². The van der Waals surface area contributed by atoms with Gasteiger partial charge < -0.3 is 5.32 Å². The second-order valence-electron chi connectivity index (χ2n) is 9.59. The van der Waals surface area contributed by atoms with Gasteiger partial charge in [-0.25, -0.2) is 4.90 Å². The highest BCUT2D eigenvalue weighted by atomic mass is 16.2. The number of amides is 3. The zero-order valence-corrected chi connectivity index (χ0v) is 20.5. The van der Waals surface area contributed by atoms with Gasteiger partial charge >= 0.3 is 0 Å². The number of rotatable bonds is 6. The van der Waals surface area contributed by atoms with Crippen molar-refractivity contribution < 1.29 is 14.4 Å². The van der Waals surface area contributed by atoms with Crippen molar-refractivity contribution in [2.24, 2.45) is 0 Å². The average Bonchev–Trinajstić information content (AvgIpc) is 3.37. The normalized spacial score (nSPS) is 14.8. The molecule has 0 unspecified atom stereocenters. The van der Waals surface area contributed by atoms with Crippen molar-refractivity contribution >= 4 is 23.4 Å². The topological polar surface area (TPSA) is 66.5 Å². The molecular formula is C32H26N2O3. The molecule has 0 spiro atoms. The highest BCUT2D eigenvalue weighted by Gasteiger charge is 2.48. The van der Waals surface area contributed by atoms with Crippen molar-refractivity contribution in [1.82, 2.24) is 5.32 Å². The highest BCUT2D eigenvalue weighted by molar-refractivity contribution is 6.34. The maximum atomic E-state index is 13.9. The van der Waals surface area contributed by atoms with E-state index >= 15 is 0 Å². The molecule has 5 nitrogen and oxygen atoms in total. The Morgan fingerprint density at radius 3 is 1.70 bits per heavy atom. The van der Waals surface area contributed by atoms with E-state index in [0.717, 1.165) is 34.2 Å². The number of imide groups is 1. The number of anilines is 1. The molecular weight excluding hydrogens is 460 g/mol. The molecule has 2 aliphatic rings. The summed E-state index contributed by atoms with van der Waals surface area (Å²) in [5.74, 6) is -0.653. The summed E-state index contributed by atoms with van der Waals surface area (Å²) in [7, 11) is 0. The minimum Gasteiger partial charge on any atom is -0.351 e. The van der Waals surface area contributed by atoms with Gasteiger partial charge in [-0.1, -0.05) is 86.1 Å². The molecule has 37 heavy (non-hydrogen) atoms. The molecule has 4 aromatic carbocycles. The van der Waals surface area contributed by atoms with Crippen LogP contribution in [0.2, 0.25) is 0 Å². The van der Waals surface area contributed by atoms with Crippen LogP contribution in [0.25, 0.3) is 11.1 Å². The van der Waals surface area contributed by atoms with E-state index < -0.39 is 5.41 Å². The molecule has 0 atom stereocenters. The number of carbonyl (C=O) groups excluding carboxylic acids is 3. The van der Waals surface area contributed by atoms with Crippen LogP contribution in [0.5, 0.6) is 0 Å². The number of fused-ring (bicyclic) bond motifs is 4. The van der Waals surface area contributed by atoms with Crippen LogP contribution in [-0.2, 0) is 16.8 Å². The standard InChI is InChI=1S/C32H26N2O3/c1-2-19-32(27-13-7-5-9-23(27)24-10-6-8-14-28(24)32)31(37)33-20-21-15-17-22(18-16-21)34-29(35)25-11-3-4-12-26(25)30(34)36/h3-18H,2,19-20H2,1H3,(H,33,37). The molecule has 6 rings (SSSR count). The molecule has 1 N–H and O–H groups in total. The van der Waals surface area contributed by atoms with Crippen LogP contribution in [0.4, 0.5) is 5.69 Å². The van der Waals surface area contributed by atoms with Gasteiger partial charge in [0.15, 0.2) is 0 Å². The van der Waals surface area contributed by atoms with Crippen LogP contribution in [0.3, 0.4) is 0 Å². The van der Waals surface area contributed by atoms with Gasteiger partial charge in [-0.3, -0.25) is 14.4 Å². The molecule has 0 radical (unpaired) electrons. The molecule has 1 heterocycles. The van der Waals surface area contributed by atoms with E-state index in [1.54, 1.807) is 36.4 Å². The molecule has 0 aromatic heterocycles. The van der Waals surface area contributed by atoms with Crippen molar-refractivity contribution in [1.29, 1.82) is 0 Å². The largest absolute Gasteiger partial charge is 0.351 e. The van der Waals surface area contributed by atoms with E-state index in [1.807, 2.05) is 36.4 Å². The lowest BCUT2D eigenvalue weighted by Gasteiger charge is -2.30. The number of nitrogens with zero attached hydrogens (tertiary/aromatic N) is 1.